The van der Waals surface area contributed by atoms with Gasteiger partial charge in [-0.25, -0.2) is 14.8 Å². The number of urea groups is 1. The Morgan fingerprint density at radius 3 is 2.42 bits per heavy atom. The highest BCUT2D eigenvalue weighted by molar-refractivity contribution is 5.99. The summed E-state index contributed by atoms with van der Waals surface area (Å²) >= 11 is 0. The number of piperazine rings is 1. The van der Waals surface area contributed by atoms with Crippen molar-refractivity contribution in [1.29, 1.82) is 0 Å². The summed E-state index contributed by atoms with van der Waals surface area (Å²) in [6.45, 7) is 8.74. The van der Waals surface area contributed by atoms with Crippen LogP contribution in [-0.2, 0) is 6.54 Å². The Kier molecular flexibility index (Phi) is 6.43. The topological polar surface area (TPSA) is 73.4 Å². The standard InChI is InChI=1S/C24H28N6O/c1-18-8-9-21(14-19(18)2)27-24(31)28-22-15-23(26-17-25-22)30-12-10-29(11-13-30)16-20-6-4-3-5-7-20/h3-9,14-15,17H,10-13,16H2,1-2H3,(H2,25,26,27,28,31). The molecule has 0 unspecified atom stereocenters. The lowest BCUT2D eigenvalue weighted by atomic mass is 10.1. The van der Waals surface area contributed by atoms with Crippen LogP contribution < -0.4 is 15.5 Å². The number of nitrogens with zero attached hydrogens (tertiary/aromatic N) is 4. The summed E-state index contributed by atoms with van der Waals surface area (Å²) in [6, 6.07) is 17.9. The third kappa shape index (κ3) is 5.58. The summed E-state index contributed by atoms with van der Waals surface area (Å²) in [4.78, 5) is 25.7. The van der Waals surface area contributed by atoms with E-state index in [-0.39, 0.29) is 6.03 Å². The van der Waals surface area contributed by atoms with Crippen LogP contribution in [0.2, 0.25) is 0 Å². The van der Waals surface area contributed by atoms with Crippen molar-refractivity contribution >= 4 is 23.4 Å². The summed E-state index contributed by atoms with van der Waals surface area (Å²) < 4.78 is 0. The van der Waals surface area contributed by atoms with Crippen LogP contribution in [0.5, 0.6) is 0 Å². The van der Waals surface area contributed by atoms with E-state index in [9.17, 15) is 4.79 Å². The Balaban J connectivity index is 1.32. The van der Waals surface area contributed by atoms with Crippen molar-refractivity contribution in [3.63, 3.8) is 0 Å². The lowest BCUT2D eigenvalue weighted by Gasteiger charge is -2.35. The molecule has 0 aliphatic carbocycles. The fourth-order valence-electron chi connectivity index (χ4n) is 3.66. The van der Waals surface area contributed by atoms with Crippen LogP contribution >= 0.6 is 0 Å². The molecule has 3 aromatic rings. The van der Waals surface area contributed by atoms with Gasteiger partial charge in [-0.05, 0) is 42.7 Å². The average molecular weight is 417 g/mol. The smallest absolute Gasteiger partial charge is 0.324 e. The van der Waals surface area contributed by atoms with E-state index in [1.165, 1.54) is 17.5 Å². The zero-order chi connectivity index (χ0) is 21.6. The third-order valence-corrected chi connectivity index (χ3v) is 5.60. The first-order valence-corrected chi connectivity index (χ1v) is 10.6. The molecule has 1 aliphatic rings. The van der Waals surface area contributed by atoms with E-state index in [1.54, 1.807) is 0 Å². The van der Waals surface area contributed by atoms with Crippen LogP contribution in [0.1, 0.15) is 16.7 Å². The minimum Gasteiger partial charge on any atom is -0.354 e. The fourth-order valence-corrected chi connectivity index (χ4v) is 3.66. The summed E-state index contributed by atoms with van der Waals surface area (Å²) in [5.74, 6) is 1.31. The number of hydrogen-bond acceptors (Lipinski definition) is 5. The molecule has 2 aromatic carbocycles. The van der Waals surface area contributed by atoms with E-state index in [0.29, 0.717) is 5.82 Å². The second-order valence-electron chi connectivity index (χ2n) is 7.89. The first kappa shape index (κ1) is 20.8. The highest BCUT2D eigenvalue weighted by Gasteiger charge is 2.19. The molecule has 1 fully saturated rings. The summed E-state index contributed by atoms with van der Waals surface area (Å²) in [6.07, 6.45) is 1.50. The van der Waals surface area contributed by atoms with Gasteiger partial charge in [0.25, 0.3) is 0 Å². The van der Waals surface area contributed by atoms with Gasteiger partial charge in [-0.1, -0.05) is 36.4 Å². The quantitative estimate of drug-likeness (QED) is 0.656. The van der Waals surface area contributed by atoms with Crippen molar-refractivity contribution < 1.29 is 4.79 Å². The number of carbonyl (C=O) groups is 1. The summed E-state index contributed by atoms with van der Waals surface area (Å²) in [5, 5.41) is 5.66. The number of nitrogens with one attached hydrogen (secondary N) is 2. The number of carbonyl (C=O) groups excluding carboxylic acids is 1. The number of aromatic nitrogens is 2. The molecule has 2 amide bonds. The molecule has 0 radical (unpaired) electrons. The molecule has 0 atom stereocenters. The molecule has 0 saturated carbocycles. The summed E-state index contributed by atoms with van der Waals surface area (Å²) in [7, 11) is 0. The SMILES string of the molecule is Cc1ccc(NC(=O)Nc2cc(N3CCN(Cc4ccccc4)CC3)ncn2)cc1C. The van der Waals surface area contributed by atoms with E-state index in [0.717, 1.165) is 49.8 Å². The zero-order valence-electron chi connectivity index (χ0n) is 18.0. The zero-order valence-corrected chi connectivity index (χ0v) is 18.0. The number of hydrogen-bond donors (Lipinski definition) is 2. The van der Waals surface area contributed by atoms with E-state index >= 15 is 0 Å². The van der Waals surface area contributed by atoms with Crippen LogP contribution in [-0.4, -0.2) is 47.1 Å². The number of benzene rings is 2. The average Bonchev–Trinajstić information content (AvgIpc) is 2.78. The van der Waals surface area contributed by atoms with E-state index in [4.69, 9.17) is 0 Å². The maximum Gasteiger partial charge on any atom is 0.324 e. The molecule has 4 rings (SSSR count). The van der Waals surface area contributed by atoms with E-state index in [1.807, 2.05) is 44.2 Å². The Bertz CT molecular complexity index is 1030. The maximum absolute atomic E-state index is 12.4. The number of amides is 2. The second kappa shape index (κ2) is 9.57. The number of anilines is 3. The molecule has 1 aromatic heterocycles. The second-order valence-corrected chi connectivity index (χ2v) is 7.89. The van der Waals surface area contributed by atoms with Crippen molar-refractivity contribution in [2.45, 2.75) is 20.4 Å². The van der Waals surface area contributed by atoms with Gasteiger partial charge >= 0.3 is 6.03 Å². The summed E-state index contributed by atoms with van der Waals surface area (Å²) in [5.41, 5.74) is 4.41. The van der Waals surface area contributed by atoms with Gasteiger partial charge in [0.1, 0.15) is 18.0 Å². The van der Waals surface area contributed by atoms with Crippen molar-refractivity contribution in [2.24, 2.45) is 0 Å². The van der Waals surface area contributed by atoms with Crippen molar-refractivity contribution in [3.05, 3.63) is 77.6 Å². The molecule has 7 nitrogen and oxygen atoms in total. The lowest BCUT2D eigenvalue weighted by Crippen LogP contribution is -2.46. The predicted molar refractivity (Wildman–Crippen MR) is 125 cm³/mol. The molecule has 31 heavy (non-hydrogen) atoms. The molecule has 0 spiro atoms. The Morgan fingerprint density at radius 2 is 1.68 bits per heavy atom. The van der Waals surface area contributed by atoms with Gasteiger partial charge in [0, 0.05) is 44.5 Å². The Hall–Kier alpha value is -3.45. The highest BCUT2D eigenvalue weighted by atomic mass is 16.2. The first-order chi connectivity index (χ1) is 15.1. The minimum absolute atomic E-state index is 0.319. The van der Waals surface area contributed by atoms with Gasteiger partial charge in [-0.2, -0.15) is 0 Å². The molecular weight excluding hydrogens is 388 g/mol. The largest absolute Gasteiger partial charge is 0.354 e. The normalized spacial score (nSPS) is 14.3. The first-order valence-electron chi connectivity index (χ1n) is 10.6. The molecule has 160 valence electrons. The molecule has 0 bridgehead atoms. The van der Waals surface area contributed by atoms with Crippen molar-refractivity contribution in [1.82, 2.24) is 14.9 Å². The van der Waals surface area contributed by atoms with Gasteiger partial charge < -0.3 is 10.2 Å². The molecule has 1 aliphatic heterocycles. The van der Waals surface area contributed by atoms with Gasteiger partial charge in [-0.15, -0.1) is 0 Å². The van der Waals surface area contributed by atoms with Crippen LogP contribution in [0.3, 0.4) is 0 Å². The number of aryl methyl sites for hydroxylation is 2. The Morgan fingerprint density at radius 1 is 0.903 bits per heavy atom. The van der Waals surface area contributed by atoms with E-state index in [2.05, 4.69) is 54.7 Å². The molecular formula is C24H28N6O. The van der Waals surface area contributed by atoms with E-state index < -0.39 is 0 Å². The molecule has 2 heterocycles. The van der Waals surface area contributed by atoms with Crippen LogP contribution in [0, 0.1) is 13.8 Å². The van der Waals surface area contributed by atoms with Crippen molar-refractivity contribution in [2.75, 3.05) is 41.7 Å². The van der Waals surface area contributed by atoms with Crippen molar-refractivity contribution in [3.8, 4) is 0 Å². The van der Waals surface area contributed by atoms with Crippen LogP contribution in [0.15, 0.2) is 60.9 Å². The Labute approximate surface area is 183 Å². The molecule has 1 saturated heterocycles. The third-order valence-electron chi connectivity index (χ3n) is 5.60. The van der Waals surface area contributed by atoms with Crippen LogP contribution in [0.25, 0.3) is 0 Å². The monoisotopic (exact) mass is 416 g/mol. The van der Waals surface area contributed by atoms with Gasteiger partial charge in [0.15, 0.2) is 0 Å². The molecule has 2 N–H and O–H groups in total. The van der Waals surface area contributed by atoms with Crippen LogP contribution in [0.4, 0.5) is 22.1 Å². The predicted octanol–water partition coefficient (Wildman–Crippen LogP) is 4.06. The lowest BCUT2D eigenvalue weighted by molar-refractivity contribution is 0.249. The fraction of sp³-hybridized carbons (Fsp3) is 0.292. The minimum atomic E-state index is -0.319. The number of rotatable bonds is 5. The van der Waals surface area contributed by atoms with Gasteiger partial charge in [0.2, 0.25) is 0 Å². The maximum atomic E-state index is 12.4. The molecule has 7 heteroatoms. The van der Waals surface area contributed by atoms with Gasteiger partial charge in [0.05, 0.1) is 0 Å². The van der Waals surface area contributed by atoms with Gasteiger partial charge in [-0.3, -0.25) is 10.2 Å². The highest BCUT2D eigenvalue weighted by Crippen LogP contribution is 2.18.